The minimum atomic E-state index is -0.774. The second-order valence-electron chi connectivity index (χ2n) is 5.14. The minimum Gasteiger partial charge on any atom is -0.480 e. The van der Waals surface area contributed by atoms with Crippen LogP contribution in [0.5, 0.6) is 0 Å². The van der Waals surface area contributed by atoms with E-state index in [1.807, 2.05) is 4.90 Å². The van der Waals surface area contributed by atoms with Gasteiger partial charge in [-0.15, -0.1) is 12.4 Å². The number of rotatable bonds is 2. The van der Waals surface area contributed by atoms with Crippen LogP contribution in [0.15, 0.2) is 18.2 Å². The van der Waals surface area contributed by atoms with Crippen molar-refractivity contribution in [2.24, 2.45) is 0 Å². The van der Waals surface area contributed by atoms with Gasteiger partial charge in [-0.25, -0.2) is 0 Å². The summed E-state index contributed by atoms with van der Waals surface area (Å²) in [5, 5.41) is 9.94. The van der Waals surface area contributed by atoms with Crippen LogP contribution in [0.4, 0.5) is 5.69 Å². The lowest BCUT2D eigenvalue weighted by atomic mass is 10.0. The Hall–Kier alpha value is -0.720. The molecule has 0 aliphatic carbocycles. The summed E-state index contributed by atoms with van der Waals surface area (Å²) in [4.78, 5) is 12.8. The second-order valence-corrected chi connectivity index (χ2v) is 5.95. The quantitative estimate of drug-likeness (QED) is 0.781. The molecule has 1 saturated heterocycles. The van der Waals surface area contributed by atoms with Gasteiger partial charge in [-0.1, -0.05) is 23.2 Å². The molecule has 8 heteroatoms. The number of hydrogen-bond acceptors (Lipinski definition) is 4. The lowest BCUT2D eigenvalue weighted by molar-refractivity contribution is -0.152. The van der Waals surface area contributed by atoms with Gasteiger partial charge < -0.3 is 15.6 Å². The Bertz CT molecular complexity index is 492. The number of halogens is 3. The van der Waals surface area contributed by atoms with Crippen LogP contribution >= 0.6 is 35.6 Å². The molecule has 0 bridgehead atoms. The Balaban J connectivity index is 0.000000397. The molecule has 0 amide bonds. The highest BCUT2D eigenvalue weighted by Gasteiger charge is 2.35. The molecule has 1 aliphatic rings. The number of nitrogens with zero attached hydrogens (tertiary/aromatic N) is 1. The van der Waals surface area contributed by atoms with Crippen molar-refractivity contribution in [3.63, 3.8) is 0 Å². The average molecular weight is 372 g/mol. The highest BCUT2D eigenvalue weighted by Crippen LogP contribution is 2.23. The van der Waals surface area contributed by atoms with E-state index in [4.69, 9.17) is 38.8 Å². The maximum absolute atomic E-state index is 10.8. The molecule has 5 nitrogen and oxygen atoms in total. The first-order valence-electron chi connectivity index (χ1n) is 6.52. The molecular formula is C14H21Cl3N2O3. The molecule has 0 atom stereocenters. The number of carboxylic acids is 1. The Labute approximate surface area is 146 Å². The van der Waals surface area contributed by atoms with E-state index in [-0.39, 0.29) is 12.4 Å². The van der Waals surface area contributed by atoms with Gasteiger partial charge in [-0.05, 0) is 32.0 Å². The van der Waals surface area contributed by atoms with E-state index < -0.39 is 11.5 Å². The van der Waals surface area contributed by atoms with E-state index in [0.29, 0.717) is 42.0 Å². The lowest BCUT2D eigenvalue weighted by Gasteiger charge is -2.37. The summed E-state index contributed by atoms with van der Waals surface area (Å²) in [5.41, 5.74) is 5.25. The Morgan fingerprint density at radius 1 is 1.27 bits per heavy atom. The van der Waals surface area contributed by atoms with Gasteiger partial charge in [0.25, 0.3) is 0 Å². The highest BCUT2D eigenvalue weighted by atomic mass is 35.5. The normalized spacial score (nSPS) is 15.3. The number of nitrogens with two attached hydrogens (primary N) is 1. The zero-order valence-corrected chi connectivity index (χ0v) is 14.8. The standard InChI is InChI=1S/C8H15NO3.C6H5Cl2N.ClH/c1-8(2,7(10)11)9-3-5-12-6-4-9;7-5-2-1-4(9)3-6(5)8;/h3-6H2,1-2H3,(H,10,11);1-3H,9H2;1H. The van der Waals surface area contributed by atoms with Gasteiger partial charge in [0.15, 0.2) is 0 Å². The Morgan fingerprint density at radius 3 is 2.23 bits per heavy atom. The van der Waals surface area contributed by atoms with Crippen molar-refractivity contribution >= 4 is 47.3 Å². The minimum absolute atomic E-state index is 0. The summed E-state index contributed by atoms with van der Waals surface area (Å²) in [6.07, 6.45) is 0. The molecule has 1 aromatic carbocycles. The third kappa shape index (κ3) is 6.18. The number of aliphatic carboxylic acids is 1. The first-order chi connectivity index (χ1) is 9.75. The number of benzene rings is 1. The van der Waals surface area contributed by atoms with Crippen LogP contribution in [0.2, 0.25) is 10.0 Å². The van der Waals surface area contributed by atoms with Crippen molar-refractivity contribution in [2.45, 2.75) is 19.4 Å². The zero-order valence-electron chi connectivity index (χ0n) is 12.5. The summed E-state index contributed by atoms with van der Waals surface area (Å²) in [6.45, 7) is 6.13. The number of hydrogen-bond donors (Lipinski definition) is 2. The lowest BCUT2D eigenvalue weighted by Crippen LogP contribution is -2.54. The molecular weight excluding hydrogens is 351 g/mol. The maximum Gasteiger partial charge on any atom is 0.323 e. The number of carboxylic acid groups (broad SMARTS) is 1. The summed E-state index contributed by atoms with van der Waals surface area (Å²) < 4.78 is 5.14. The van der Waals surface area contributed by atoms with Gasteiger partial charge in [-0.3, -0.25) is 9.69 Å². The van der Waals surface area contributed by atoms with Crippen molar-refractivity contribution in [1.82, 2.24) is 4.90 Å². The number of ether oxygens (including phenoxy) is 1. The van der Waals surface area contributed by atoms with Crippen molar-refractivity contribution in [1.29, 1.82) is 0 Å². The third-order valence-electron chi connectivity index (χ3n) is 3.27. The van der Waals surface area contributed by atoms with Crippen LogP contribution in [0, 0.1) is 0 Å². The van der Waals surface area contributed by atoms with Gasteiger partial charge in [0.05, 0.1) is 23.3 Å². The van der Waals surface area contributed by atoms with Gasteiger partial charge in [-0.2, -0.15) is 0 Å². The molecule has 0 aromatic heterocycles. The van der Waals surface area contributed by atoms with Crippen LogP contribution in [-0.4, -0.2) is 47.8 Å². The molecule has 3 N–H and O–H groups in total. The summed E-state index contributed by atoms with van der Waals surface area (Å²) in [5.74, 6) is -0.774. The molecule has 0 saturated carbocycles. The van der Waals surface area contributed by atoms with Crippen molar-refractivity contribution < 1.29 is 14.6 Å². The van der Waals surface area contributed by atoms with Crippen molar-refractivity contribution in [3.05, 3.63) is 28.2 Å². The fraction of sp³-hybridized carbons (Fsp3) is 0.500. The van der Waals surface area contributed by atoms with Crippen LogP contribution in [0.3, 0.4) is 0 Å². The Morgan fingerprint density at radius 2 is 1.82 bits per heavy atom. The highest BCUT2D eigenvalue weighted by molar-refractivity contribution is 6.42. The zero-order chi connectivity index (χ0) is 16.0. The second kappa shape index (κ2) is 9.43. The molecule has 0 radical (unpaired) electrons. The van der Waals surface area contributed by atoms with Crippen molar-refractivity contribution in [2.75, 3.05) is 32.0 Å². The largest absolute Gasteiger partial charge is 0.480 e. The number of carbonyl (C=O) groups is 1. The fourth-order valence-corrected chi connectivity index (χ4v) is 2.08. The van der Waals surface area contributed by atoms with E-state index >= 15 is 0 Å². The Kier molecular flexibility index (Phi) is 9.12. The number of morpholine rings is 1. The molecule has 0 spiro atoms. The smallest absolute Gasteiger partial charge is 0.323 e. The van der Waals surface area contributed by atoms with E-state index in [0.717, 1.165) is 0 Å². The van der Waals surface area contributed by atoms with E-state index in [2.05, 4.69) is 0 Å². The SMILES string of the molecule is CC(C)(C(=O)O)N1CCOCC1.Cl.Nc1ccc(Cl)c(Cl)c1. The first-order valence-corrected chi connectivity index (χ1v) is 7.27. The van der Waals surface area contributed by atoms with E-state index in [1.54, 1.807) is 32.0 Å². The first kappa shape index (κ1) is 21.3. The molecule has 1 aromatic rings. The number of anilines is 1. The molecule has 2 rings (SSSR count). The van der Waals surface area contributed by atoms with Gasteiger partial charge in [0, 0.05) is 18.8 Å². The molecule has 126 valence electrons. The maximum atomic E-state index is 10.8. The topological polar surface area (TPSA) is 75.8 Å². The van der Waals surface area contributed by atoms with Crippen LogP contribution in [0.25, 0.3) is 0 Å². The summed E-state index contributed by atoms with van der Waals surface area (Å²) in [7, 11) is 0. The predicted molar refractivity (Wildman–Crippen MR) is 92.2 cm³/mol. The monoisotopic (exact) mass is 370 g/mol. The van der Waals surface area contributed by atoms with Gasteiger partial charge >= 0.3 is 5.97 Å². The molecule has 1 heterocycles. The fourth-order valence-electron chi connectivity index (χ4n) is 1.77. The third-order valence-corrected chi connectivity index (χ3v) is 4.01. The van der Waals surface area contributed by atoms with Crippen LogP contribution in [0.1, 0.15) is 13.8 Å². The summed E-state index contributed by atoms with van der Waals surface area (Å²) in [6, 6.07) is 4.98. The van der Waals surface area contributed by atoms with Gasteiger partial charge in [0.1, 0.15) is 5.54 Å². The van der Waals surface area contributed by atoms with Crippen molar-refractivity contribution in [3.8, 4) is 0 Å². The van der Waals surface area contributed by atoms with Gasteiger partial charge in [0.2, 0.25) is 0 Å². The van der Waals surface area contributed by atoms with Crippen LogP contribution in [-0.2, 0) is 9.53 Å². The molecule has 0 unspecified atom stereocenters. The predicted octanol–water partition coefficient (Wildman–Crippen LogP) is 3.18. The van der Waals surface area contributed by atoms with Crippen LogP contribution < -0.4 is 5.73 Å². The summed E-state index contributed by atoms with van der Waals surface area (Å²) >= 11 is 11.2. The average Bonchev–Trinajstić information content (AvgIpc) is 2.45. The number of nitrogen functional groups attached to an aromatic ring is 1. The van der Waals surface area contributed by atoms with E-state index in [9.17, 15) is 4.79 Å². The molecule has 1 aliphatic heterocycles. The molecule has 22 heavy (non-hydrogen) atoms. The van der Waals surface area contributed by atoms with E-state index in [1.165, 1.54) is 0 Å². The molecule has 1 fully saturated rings.